The molecule has 1 aromatic heterocycles. The van der Waals surface area contributed by atoms with Gasteiger partial charge in [0.05, 0.1) is 12.4 Å². The van der Waals surface area contributed by atoms with Crippen LogP contribution in [0, 0.1) is 0 Å². The number of hydrogen-bond donors (Lipinski definition) is 2. The summed E-state index contributed by atoms with van der Waals surface area (Å²) in [6.07, 6.45) is 4.58. The van der Waals surface area contributed by atoms with E-state index in [0.29, 0.717) is 5.76 Å². The Bertz CT molecular complexity index is 541. The Hall–Kier alpha value is -2.63. The molecule has 0 saturated heterocycles. The molecule has 0 amide bonds. The van der Waals surface area contributed by atoms with Gasteiger partial charge in [-0.2, -0.15) is 5.10 Å². The highest BCUT2D eigenvalue weighted by molar-refractivity contribution is 5.83. The van der Waals surface area contributed by atoms with E-state index in [1.54, 1.807) is 12.4 Å². The fraction of sp³-hybridized carbons (Fsp3) is 0. The molecule has 17 heavy (non-hydrogen) atoms. The molecule has 0 aliphatic rings. The molecule has 1 heterocycles. The van der Waals surface area contributed by atoms with Gasteiger partial charge in [-0.05, 0) is 11.6 Å². The van der Waals surface area contributed by atoms with E-state index < -0.39 is 0 Å². The lowest BCUT2D eigenvalue weighted by molar-refractivity contribution is 0.572. The van der Waals surface area contributed by atoms with Crippen LogP contribution in [0.5, 0.6) is 0 Å². The molecule has 0 fully saturated rings. The van der Waals surface area contributed by atoms with E-state index in [-0.39, 0.29) is 5.96 Å². The van der Waals surface area contributed by atoms with Crippen LogP contribution in [0.2, 0.25) is 0 Å². The molecule has 0 spiro atoms. The van der Waals surface area contributed by atoms with Gasteiger partial charge >= 0.3 is 0 Å². The van der Waals surface area contributed by atoms with Crippen molar-refractivity contribution in [3.05, 3.63) is 42.4 Å². The smallest absolute Gasteiger partial charge is 0.211 e. The van der Waals surface area contributed by atoms with Crippen molar-refractivity contribution in [2.45, 2.75) is 0 Å². The molecule has 4 N–H and O–H groups in total. The Morgan fingerprint density at radius 3 is 2.94 bits per heavy atom. The van der Waals surface area contributed by atoms with E-state index >= 15 is 0 Å². The summed E-state index contributed by atoms with van der Waals surface area (Å²) in [5.74, 6) is 0.620. The molecule has 0 saturated carbocycles. The van der Waals surface area contributed by atoms with E-state index in [9.17, 15) is 0 Å². The number of nitrogens with two attached hydrogens (primary N) is 2. The second-order valence-corrected chi connectivity index (χ2v) is 3.26. The van der Waals surface area contributed by atoms with E-state index in [2.05, 4.69) is 15.2 Å². The first kappa shape index (κ1) is 10.9. The van der Waals surface area contributed by atoms with Crippen molar-refractivity contribution in [3.63, 3.8) is 0 Å². The summed E-state index contributed by atoms with van der Waals surface area (Å²) in [5.41, 5.74) is 12.1. The van der Waals surface area contributed by atoms with Crippen LogP contribution >= 0.6 is 0 Å². The summed E-state index contributed by atoms with van der Waals surface area (Å²) in [6.45, 7) is 0. The Kier molecular flexibility index (Phi) is 3.15. The Labute approximate surface area is 97.7 Å². The number of benzene rings is 1. The standard InChI is InChI=1S/C11H11N5O/c12-11(13)16-15-5-8-2-1-3-9(4-8)10-6-14-7-17-10/h1-7H,(H4,12,13,16). The van der Waals surface area contributed by atoms with E-state index in [0.717, 1.165) is 11.1 Å². The number of oxazole rings is 1. The molecular formula is C11H11N5O. The topological polar surface area (TPSA) is 103 Å². The zero-order valence-electron chi connectivity index (χ0n) is 8.95. The second-order valence-electron chi connectivity index (χ2n) is 3.26. The Morgan fingerprint density at radius 1 is 1.35 bits per heavy atom. The van der Waals surface area contributed by atoms with Gasteiger partial charge in [-0.1, -0.05) is 18.2 Å². The summed E-state index contributed by atoms with van der Waals surface area (Å²) in [7, 11) is 0. The van der Waals surface area contributed by atoms with Crippen LogP contribution in [0.25, 0.3) is 11.3 Å². The van der Waals surface area contributed by atoms with E-state index in [1.807, 2.05) is 24.3 Å². The van der Waals surface area contributed by atoms with Crippen LogP contribution in [0.1, 0.15) is 5.56 Å². The van der Waals surface area contributed by atoms with Crippen molar-refractivity contribution in [1.29, 1.82) is 0 Å². The highest BCUT2D eigenvalue weighted by Gasteiger charge is 2.00. The first-order chi connectivity index (χ1) is 8.25. The minimum atomic E-state index is -0.0763. The SMILES string of the molecule is NC(N)=NN=Cc1cccc(-c2cnco2)c1. The van der Waals surface area contributed by atoms with Gasteiger partial charge < -0.3 is 15.9 Å². The number of hydrogen-bond acceptors (Lipinski definition) is 4. The van der Waals surface area contributed by atoms with Crippen molar-refractivity contribution in [2.24, 2.45) is 21.7 Å². The summed E-state index contributed by atoms with van der Waals surface area (Å²) >= 11 is 0. The molecule has 6 nitrogen and oxygen atoms in total. The van der Waals surface area contributed by atoms with Gasteiger partial charge in [-0.3, -0.25) is 0 Å². The van der Waals surface area contributed by atoms with Gasteiger partial charge in [0, 0.05) is 5.56 Å². The maximum atomic E-state index is 5.19. The van der Waals surface area contributed by atoms with Gasteiger partial charge in [0.2, 0.25) is 5.96 Å². The third-order valence-electron chi connectivity index (χ3n) is 1.98. The molecule has 0 radical (unpaired) electrons. The van der Waals surface area contributed by atoms with Crippen LogP contribution < -0.4 is 11.5 Å². The van der Waals surface area contributed by atoms with Crippen molar-refractivity contribution in [2.75, 3.05) is 0 Å². The molecule has 0 unspecified atom stereocenters. The molecule has 0 atom stereocenters. The van der Waals surface area contributed by atoms with Crippen LogP contribution in [-0.2, 0) is 0 Å². The van der Waals surface area contributed by atoms with Crippen molar-refractivity contribution in [3.8, 4) is 11.3 Å². The normalized spacial score (nSPS) is 10.6. The average Bonchev–Trinajstić information content (AvgIpc) is 2.82. The third kappa shape index (κ3) is 2.91. The van der Waals surface area contributed by atoms with Crippen LogP contribution in [0.3, 0.4) is 0 Å². The summed E-state index contributed by atoms with van der Waals surface area (Å²) in [5, 5.41) is 7.25. The van der Waals surface area contributed by atoms with Gasteiger partial charge in [-0.15, -0.1) is 5.10 Å². The summed E-state index contributed by atoms with van der Waals surface area (Å²) in [4.78, 5) is 3.86. The molecule has 2 aromatic rings. The number of nitrogens with zero attached hydrogens (tertiary/aromatic N) is 3. The van der Waals surface area contributed by atoms with Gasteiger partial charge in [-0.25, -0.2) is 4.98 Å². The molecule has 0 bridgehead atoms. The molecule has 2 rings (SSSR count). The monoisotopic (exact) mass is 229 g/mol. The minimum Gasteiger partial charge on any atom is -0.444 e. The minimum absolute atomic E-state index is 0.0763. The fourth-order valence-electron chi connectivity index (χ4n) is 1.29. The largest absolute Gasteiger partial charge is 0.444 e. The Morgan fingerprint density at radius 2 is 2.24 bits per heavy atom. The van der Waals surface area contributed by atoms with Crippen LogP contribution in [0.15, 0.2) is 51.5 Å². The molecule has 0 aliphatic carbocycles. The van der Waals surface area contributed by atoms with Crippen LogP contribution in [-0.4, -0.2) is 17.2 Å². The van der Waals surface area contributed by atoms with Crippen molar-refractivity contribution >= 4 is 12.2 Å². The lowest BCUT2D eigenvalue weighted by Gasteiger charge is -1.97. The maximum absolute atomic E-state index is 5.19. The predicted molar refractivity (Wildman–Crippen MR) is 65.3 cm³/mol. The lowest BCUT2D eigenvalue weighted by Crippen LogP contribution is -2.21. The van der Waals surface area contributed by atoms with Gasteiger partial charge in [0.1, 0.15) is 0 Å². The van der Waals surface area contributed by atoms with Crippen LogP contribution in [0.4, 0.5) is 0 Å². The van der Waals surface area contributed by atoms with Gasteiger partial charge in [0.15, 0.2) is 12.2 Å². The average molecular weight is 229 g/mol. The number of aromatic nitrogens is 1. The zero-order valence-corrected chi connectivity index (χ0v) is 8.95. The lowest BCUT2D eigenvalue weighted by atomic mass is 10.1. The highest BCUT2D eigenvalue weighted by atomic mass is 16.3. The first-order valence-electron chi connectivity index (χ1n) is 4.86. The molecule has 1 aromatic carbocycles. The van der Waals surface area contributed by atoms with Gasteiger partial charge in [0.25, 0.3) is 0 Å². The summed E-state index contributed by atoms with van der Waals surface area (Å²) in [6, 6.07) is 7.57. The second kappa shape index (κ2) is 4.93. The molecule has 6 heteroatoms. The zero-order chi connectivity index (χ0) is 12.1. The predicted octanol–water partition coefficient (Wildman–Crippen LogP) is 0.949. The maximum Gasteiger partial charge on any atom is 0.211 e. The Balaban J connectivity index is 2.23. The number of rotatable bonds is 3. The number of guanidine groups is 1. The quantitative estimate of drug-likeness (QED) is 0.464. The fourth-order valence-corrected chi connectivity index (χ4v) is 1.29. The van der Waals surface area contributed by atoms with Crippen molar-refractivity contribution < 1.29 is 4.42 Å². The first-order valence-corrected chi connectivity index (χ1v) is 4.86. The van der Waals surface area contributed by atoms with E-state index in [1.165, 1.54) is 6.39 Å². The van der Waals surface area contributed by atoms with E-state index in [4.69, 9.17) is 15.9 Å². The third-order valence-corrected chi connectivity index (χ3v) is 1.98. The summed E-state index contributed by atoms with van der Waals surface area (Å²) < 4.78 is 5.19. The molecular weight excluding hydrogens is 218 g/mol. The highest BCUT2D eigenvalue weighted by Crippen LogP contribution is 2.18. The van der Waals surface area contributed by atoms with Crippen molar-refractivity contribution in [1.82, 2.24) is 4.98 Å². The molecule has 86 valence electrons. The molecule has 0 aliphatic heterocycles.